The Balaban J connectivity index is 3.42. The van der Waals surface area contributed by atoms with Gasteiger partial charge in [-0.05, 0) is 26.8 Å². The molecule has 0 spiro atoms. The molecule has 1 N–H and O–H groups in total. The molecule has 2 nitrogen and oxygen atoms in total. The highest BCUT2D eigenvalue weighted by atomic mass is 16.1. The summed E-state index contributed by atoms with van der Waals surface area (Å²) >= 11 is 0. The van der Waals surface area contributed by atoms with E-state index in [-0.39, 0.29) is 11.3 Å². The quantitative estimate of drug-likeness (QED) is 0.624. The Morgan fingerprint density at radius 3 is 2.45 bits per heavy atom. The zero-order valence-electron chi connectivity index (χ0n) is 7.61. The molecule has 0 saturated carbocycles. The van der Waals surface area contributed by atoms with Crippen LogP contribution in [0.3, 0.4) is 0 Å². The van der Waals surface area contributed by atoms with Crippen molar-refractivity contribution in [1.82, 2.24) is 5.32 Å². The number of nitrogens with one attached hydrogen (secondary N) is 1. The van der Waals surface area contributed by atoms with Crippen LogP contribution in [0.5, 0.6) is 0 Å². The molecule has 0 amide bonds. The van der Waals surface area contributed by atoms with E-state index >= 15 is 0 Å². The second-order valence-electron chi connectivity index (χ2n) is 3.60. The number of allylic oxidation sites excluding steroid dienone is 1. The zero-order valence-corrected chi connectivity index (χ0v) is 7.61. The maximum Gasteiger partial charge on any atom is 0.156 e. The molecule has 0 saturated heterocycles. The number of rotatable bonds is 4. The number of ketones is 1. The molecule has 64 valence electrons. The molecule has 0 aromatic heterocycles. The molecule has 0 aromatic carbocycles. The molecule has 0 aliphatic carbocycles. The summed E-state index contributed by atoms with van der Waals surface area (Å²) in [5.41, 5.74) is 0.0987. The fourth-order valence-electron chi connectivity index (χ4n) is 0.663. The van der Waals surface area contributed by atoms with Gasteiger partial charge in [0, 0.05) is 18.5 Å². The Bertz CT molecular complexity index is 144. The molecule has 0 aromatic rings. The highest BCUT2D eigenvalue weighted by molar-refractivity contribution is 5.89. The maximum atomic E-state index is 10.7. The average Bonchev–Trinajstić information content (AvgIpc) is 1.85. The van der Waals surface area contributed by atoms with Crippen LogP contribution in [-0.4, -0.2) is 17.9 Å². The topological polar surface area (TPSA) is 29.1 Å². The smallest absolute Gasteiger partial charge is 0.156 e. The largest absolute Gasteiger partial charge is 0.312 e. The first kappa shape index (κ1) is 10.4. The summed E-state index contributed by atoms with van der Waals surface area (Å²) in [7, 11) is 0. The van der Waals surface area contributed by atoms with Crippen LogP contribution in [0.1, 0.15) is 27.2 Å². The first-order chi connectivity index (χ1) is 4.95. The lowest BCUT2D eigenvalue weighted by molar-refractivity contribution is -0.114. The molecule has 0 bridgehead atoms. The van der Waals surface area contributed by atoms with Crippen molar-refractivity contribution in [3.8, 4) is 0 Å². The van der Waals surface area contributed by atoms with E-state index in [0.717, 1.165) is 6.54 Å². The van der Waals surface area contributed by atoms with Gasteiger partial charge in [-0.25, -0.2) is 0 Å². The standard InChI is InChI=1S/C9H17NO/c1-5-8(11)6-7-10-9(2,3)4/h5,10H,1,6-7H2,2-4H3. The highest BCUT2D eigenvalue weighted by Gasteiger charge is 2.07. The van der Waals surface area contributed by atoms with Crippen LogP contribution < -0.4 is 5.32 Å². The molecule has 0 aliphatic rings. The van der Waals surface area contributed by atoms with Crippen molar-refractivity contribution in [3.05, 3.63) is 12.7 Å². The Kier molecular flexibility index (Phi) is 4.04. The first-order valence-corrected chi connectivity index (χ1v) is 3.86. The van der Waals surface area contributed by atoms with Gasteiger partial charge >= 0.3 is 0 Å². The van der Waals surface area contributed by atoms with Gasteiger partial charge in [0.15, 0.2) is 5.78 Å². The van der Waals surface area contributed by atoms with Crippen molar-refractivity contribution in [1.29, 1.82) is 0 Å². The highest BCUT2D eigenvalue weighted by Crippen LogP contribution is 1.97. The summed E-state index contributed by atoms with van der Waals surface area (Å²) in [6.45, 7) is 10.4. The van der Waals surface area contributed by atoms with E-state index in [1.54, 1.807) is 0 Å². The molecule has 2 heteroatoms. The summed E-state index contributed by atoms with van der Waals surface area (Å²) in [5, 5.41) is 3.22. The lowest BCUT2D eigenvalue weighted by Gasteiger charge is -2.19. The fourth-order valence-corrected chi connectivity index (χ4v) is 0.663. The van der Waals surface area contributed by atoms with Crippen LogP contribution in [0.2, 0.25) is 0 Å². The van der Waals surface area contributed by atoms with Crippen molar-refractivity contribution < 1.29 is 4.79 Å². The number of carbonyl (C=O) groups is 1. The van der Waals surface area contributed by atoms with E-state index in [2.05, 4.69) is 32.7 Å². The third-order valence-corrected chi connectivity index (χ3v) is 1.25. The van der Waals surface area contributed by atoms with E-state index < -0.39 is 0 Å². The SMILES string of the molecule is C=CC(=O)CCNC(C)(C)C. The first-order valence-electron chi connectivity index (χ1n) is 3.86. The number of carbonyl (C=O) groups excluding carboxylic acids is 1. The maximum absolute atomic E-state index is 10.7. The van der Waals surface area contributed by atoms with Crippen LogP contribution in [0.25, 0.3) is 0 Å². The molecule has 0 fully saturated rings. The lowest BCUT2D eigenvalue weighted by atomic mass is 10.1. The predicted molar refractivity (Wildman–Crippen MR) is 47.6 cm³/mol. The van der Waals surface area contributed by atoms with Gasteiger partial charge in [0.25, 0.3) is 0 Å². The van der Waals surface area contributed by atoms with Gasteiger partial charge < -0.3 is 5.32 Å². The molecule has 0 rings (SSSR count). The third kappa shape index (κ3) is 7.26. The molecule has 0 radical (unpaired) electrons. The van der Waals surface area contributed by atoms with Gasteiger partial charge in [-0.3, -0.25) is 4.79 Å². The molecular weight excluding hydrogens is 138 g/mol. The average molecular weight is 155 g/mol. The minimum Gasteiger partial charge on any atom is -0.312 e. The third-order valence-electron chi connectivity index (χ3n) is 1.25. The van der Waals surface area contributed by atoms with Crippen molar-refractivity contribution in [2.45, 2.75) is 32.7 Å². The Hall–Kier alpha value is -0.630. The van der Waals surface area contributed by atoms with Crippen LogP contribution >= 0.6 is 0 Å². The summed E-state index contributed by atoms with van der Waals surface area (Å²) in [6, 6.07) is 0. The minimum atomic E-state index is 0.0987. The normalized spacial score (nSPS) is 11.2. The van der Waals surface area contributed by atoms with Gasteiger partial charge in [-0.1, -0.05) is 6.58 Å². The van der Waals surface area contributed by atoms with Gasteiger partial charge in [0.05, 0.1) is 0 Å². The molecule has 0 aliphatic heterocycles. The number of hydrogen-bond donors (Lipinski definition) is 1. The van der Waals surface area contributed by atoms with Crippen molar-refractivity contribution in [3.63, 3.8) is 0 Å². The van der Waals surface area contributed by atoms with Gasteiger partial charge in [-0.15, -0.1) is 0 Å². The van der Waals surface area contributed by atoms with Crippen LogP contribution in [0.4, 0.5) is 0 Å². The Labute approximate surface area is 68.7 Å². The van der Waals surface area contributed by atoms with Crippen LogP contribution in [0, 0.1) is 0 Å². The van der Waals surface area contributed by atoms with E-state index in [0.29, 0.717) is 6.42 Å². The summed E-state index contributed by atoms with van der Waals surface area (Å²) in [6.07, 6.45) is 1.91. The second-order valence-corrected chi connectivity index (χ2v) is 3.60. The summed E-state index contributed by atoms with van der Waals surface area (Å²) < 4.78 is 0. The monoisotopic (exact) mass is 155 g/mol. The summed E-state index contributed by atoms with van der Waals surface area (Å²) in [5.74, 6) is 0.0988. The Morgan fingerprint density at radius 1 is 1.55 bits per heavy atom. The predicted octanol–water partition coefficient (Wildman–Crippen LogP) is 1.52. The van der Waals surface area contributed by atoms with E-state index in [1.807, 2.05) is 0 Å². The van der Waals surface area contributed by atoms with Crippen LogP contribution in [-0.2, 0) is 4.79 Å². The lowest BCUT2D eigenvalue weighted by Crippen LogP contribution is -2.36. The van der Waals surface area contributed by atoms with E-state index in [1.165, 1.54) is 6.08 Å². The fraction of sp³-hybridized carbons (Fsp3) is 0.667. The zero-order chi connectivity index (χ0) is 8.91. The number of hydrogen-bond acceptors (Lipinski definition) is 2. The molecule has 11 heavy (non-hydrogen) atoms. The minimum absolute atomic E-state index is 0.0987. The summed E-state index contributed by atoms with van der Waals surface area (Å²) in [4.78, 5) is 10.7. The molecule has 0 heterocycles. The van der Waals surface area contributed by atoms with Crippen molar-refractivity contribution in [2.75, 3.05) is 6.54 Å². The molecule has 0 unspecified atom stereocenters. The van der Waals surface area contributed by atoms with Gasteiger partial charge in [-0.2, -0.15) is 0 Å². The van der Waals surface area contributed by atoms with Crippen molar-refractivity contribution >= 4 is 5.78 Å². The Morgan fingerprint density at radius 2 is 2.09 bits per heavy atom. The van der Waals surface area contributed by atoms with Crippen molar-refractivity contribution in [2.24, 2.45) is 0 Å². The van der Waals surface area contributed by atoms with Crippen LogP contribution in [0.15, 0.2) is 12.7 Å². The molecule has 0 atom stereocenters. The van der Waals surface area contributed by atoms with Gasteiger partial charge in [0.2, 0.25) is 0 Å². The second kappa shape index (κ2) is 4.29. The van der Waals surface area contributed by atoms with E-state index in [9.17, 15) is 4.79 Å². The van der Waals surface area contributed by atoms with Gasteiger partial charge in [0.1, 0.15) is 0 Å². The van der Waals surface area contributed by atoms with E-state index in [4.69, 9.17) is 0 Å². The molecular formula is C9H17NO.